The van der Waals surface area contributed by atoms with Gasteiger partial charge in [0.25, 0.3) is 5.56 Å². The first-order chi connectivity index (χ1) is 15.1. The summed E-state index contributed by atoms with van der Waals surface area (Å²) in [4.78, 5) is 28.8. The molecule has 0 aliphatic carbocycles. The van der Waals surface area contributed by atoms with Gasteiger partial charge in [-0.05, 0) is 29.3 Å². The largest absolute Gasteiger partial charge is 0.486 e. The Balaban J connectivity index is 1.52. The number of rotatable bonds is 4. The Labute approximate surface area is 180 Å². The second kappa shape index (κ2) is 7.74. The van der Waals surface area contributed by atoms with Crippen LogP contribution in [-0.2, 0) is 6.61 Å². The Hall–Kier alpha value is -3.90. The van der Waals surface area contributed by atoms with E-state index in [0.29, 0.717) is 33.1 Å². The third kappa shape index (κ3) is 3.69. The Morgan fingerprint density at radius 2 is 1.77 bits per heavy atom. The summed E-state index contributed by atoms with van der Waals surface area (Å²) >= 11 is 6.46. The molecule has 5 aromatic rings. The Morgan fingerprint density at radius 3 is 2.61 bits per heavy atom. The lowest BCUT2D eigenvalue weighted by atomic mass is 10.0. The summed E-state index contributed by atoms with van der Waals surface area (Å²) in [7, 11) is 0. The molecule has 152 valence electrons. The van der Waals surface area contributed by atoms with Crippen LogP contribution in [-0.4, -0.2) is 9.38 Å². The van der Waals surface area contributed by atoms with Crippen LogP contribution < -0.4 is 15.9 Å². The summed E-state index contributed by atoms with van der Waals surface area (Å²) in [5.41, 5.74) is 2.28. The summed E-state index contributed by atoms with van der Waals surface area (Å²) in [6.45, 7) is 0.0362. The van der Waals surface area contributed by atoms with Crippen molar-refractivity contribution < 1.29 is 9.15 Å². The number of ether oxygens (including phenoxy) is 1. The van der Waals surface area contributed by atoms with E-state index in [9.17, 15) is 9.59 Å². The number of pyridine rings is 1. The quantitative estimate of drug-likeness (QED) is 0.386. The molecule has 0 amide bonds. The van der Waals surface area contributed by atoms with Crippen molar-refractivity contribution in [1.82, 2.24) is 9.38 Å². The highest BCUT2D eigenvalue weighted by Crippen LogP contribution is 2.35. The monoisotopic (exact) mass is 430 g/mol. The van der Waals surface area contributed by atoms with Gasteiger partial charge in [-0.1, -0.05) is 48.0 Å². The van der Waals surface area contributed by atoms with E-state index in [1.165, 1.54) is 16.5 Å². The van der Waals surface area contributed by atoms with Gasteiger partial charge < -0.3 is 9.15 Å². The Bertz CT molecular complexity index is 1540. The first kappa shape index (κ1) is 19.1. The highest BCUT2D eigenvalue weighted by atomic mass is 35.5. The van der Waals surface area contributed by atoms with Crippen molar-refractivity contribution in [3.63, 3.8) is 0 Å². The lowest BCUT2D eigenvalue weighted by molar-refractivity contribution is 0.301. The average molecular weight is 431 g/mol. The zero-order valence-electron chi connectivity index (χ0n) is 16.1. The van der Waals surface area contributed by atoms with Crippen molar-refractivity contribution >= 4 is 28.2 Å². The van der Waals surface area contributed by atoms with Crippen LogP contribution in [0.15, 0.2) is 93.0 Å². The van der Waals surface area contributed by atoms with Gasteiger partial charge in [-0.2, -0.15) is 0 Å². The Kier molecular flexibility index (Phi) is 4.76. The van der Waals surface area contributed by atoms with E-state index in [0.717, 1.165) is 11.1 Å². The molecule has 0 bridgehead atoms. The minimum absolute atomic E-state index is 0.0362. The highest BCUT2D eigenvalue weighted by Gasteiger charge is 2.13. The maximum absolute atomic E-state index is 12.3. The van der Waals surface area contributed by atoms with Crippen LogP contribution in [0.4, 0.5) is 0 Å². The van der Waals surface area contributed by atoms with Gasteiger partial charge in [-0.25, -0.2) is 9.78 Å². The third-order valence-corrected chi connectivity index (χ3v) is 5.18. The molecule has 0 fully saturated rings. The number of fused-ring (bicyclic) bond motifs is 2. The summed E-state index contributed by atoms with van der Waals surface area (Å²) in [6, 6.07) is 21.0. The van der Waals surface area contributed by atoms with Crippen LogP contribution >= 0.6 is 11.6 Å². The molecule has 3 heterocycles. The van der Waals surface area contributed by atoms with Crippen molar-refractivity contribution in [2.24, 2.45) is 0 Å². The normalized spacial score (nSPS) is 11.1. The number of hydrogen-bond acceptors (Lipinski definition) is 5. The van der Waals surface area contributed by atoms with E-state index in [1.54, 1.807) is 36.5 Å². The standard InChI is InChI=1S/C24H15ClN2O4/c25-19-11-18-17(15-6-2-1-3-7-15)12-24(29)31-20(18)13-21(19)30-14-16-10-23(28)27-9-5-4-8-22(27)26-16/h1-13H,14H2. The fourth-order valence-electron chi connectivity index (χ4n) is 3.46. The summed E-state index contributed by atoms with van der Waals surface area (Å²) in [6.07, 6.45) is 1.65. The zero-order chi connectivity index (χ0) is 21.4. The molecule has 7 heteroatoms. The van der Waals surface area contributed by atoms with Gasteiger partial charge in [0, 0.05) is 29.8 Å². The van der Waals surface area contributed by atoms with Crippen LogP contribution in [0.1, 0.15) is 5.69 Å². The molecule has 2 aromatic carbocycles. The van der Waals surface area contributed by atoms with Gasteiger partial charge >= 0.3 is 5.63 Å². The van der Waals surface area contributed by atoms with Crippen LogP contribution in [0.3, 0.4) is 0 Å². The van der Waals surface area contributed by atoms with Gasteiger partial charge in [0.05, 0.1) is 10.7 Å². The van der Waals surface area contributed by atoms with Crippen molar-refractivity contribution in [1.29, 1.82) is 0 Å². The van der Waals surface area contributed by atoms with Crippen molar-refractivity contribution in [2.45, 2.75) is 6.61 Å². The second-order valence-corrected chi connectivity index (χ2v) is 7.33. The number of nitrogens with zero attached hydrogens (tertiary/aromatic N) is 2. The van der Waals surface area contributed by atoms with Crippen LogP contribution in [0.25, 0.3) is 27.7 Å². The molecular formula is C24H15ClN2O4. The van der Waals surface area contributed by atoms with Gasteiger partial charge in [0.1, 0.15) is 23.6 Å². The van der Waals surface area contributed by atoms with Gasteiger partial charge in [0.15, 0.2) is 0 Å². The first-order valence-electron chi connectivity index (χ1n) is 9.51. The average Bonchev–Trinajstić information content (AvgIpc) is 2.78. The molecule has 0 atom stereocenters. The van der Waals surface area contributed by atoms with Gasteiger partial charge in [-0.3, -0.25) is 9.20 Å². The van der Waals surface area contributed by atoms with Crippen LogP contribution in [0, 0.1) is 0 Å². The fraction of sp³-hybridized carbons (Fsp3) is 0.0417. The van der Waals surface area contributed by atoms with E-state index in [-0.39, 0.29) is 12.2 Å². The smallest absolute Gasteiger partial charge is 0.336 e. The Morgan fingerprint density at radius 1 is 0.968 bits per heavy atom. The molecule has 0 aliphatic heterocycles. The molecule has 0 aliphatic rings. The molecule has 0 saturated heterocycles. The maximum Gasteiger partial charge on any atom is 0.336 e. The lowest BCUT2D eigenvalue weighted by Crippen LogP contribution is -2.16. The maximum atomic E-state index is 12.3. The van der Waals surface area contributed by atoms with Crippen molar-refractivity contribution in [3.05, 3.63) is 110 Å². The fourth-order valence-corrected chi connectivity index (χ4v) is 3.68. The molecule has 0 N–H and O–H groups in total. The van der Waals surface area contributed by atoms with E-state index >= 15 is 0 Å². The predicted octanol–water partition coefficient (Wildman–Crippen LogP) is 4.70. The predicted molar refractivity (Wildman–Crippen MR) is 119 cm³/mol. The number of benzene rings is 2. The van der Waals surface area contributed by atoms with E-state index in [4.69, 9.17) is 20.8 Å². The number of aromatic nitrogens is 2. The summed E-state index contributed by atoms with van der Waals surface area (Å²) in [5.74, 6) is 0.331. The summed E-state index contributed by atoms with van der Waals surface area (Å²) in [5, 5.41) is 1.06. The zero-order valence-corrected chi connectivity index (χ0v) is 16.9. The highest BCUT2D eigenvalue weighted by molar-refractivity contribution is 6.33. The minimum Gasteiger partial charge on any atom is -0.486 e. The molecule has 0 spiro atoms. The number of halogens is 1. The van der Waals surface area contributed by atoms with E-state index in [2.05, 4.69) is 4.98 Å². The molecule has 0 saturated carbocycles. The SMILES string of the molecule is O=c1cc(-c2ccccc2)c2cc(Cl)c(OCc3cc(=O)n4ccccc4n3)cc2o1. The molecule has 3 aromatic heterocycles. The molecular weight excluding hydrogens is 416 g/mol. The first-order valence-corrected chi connectivity index (χ1v) is 9.89. The molecule has 5 rings (SSSR count). The van der Waals surface area contributed by atoms with Crippen molar-refractivity contribution in [3.8, 4) is 16.9 Å². The van der Waals surface area contributed by atoms with Crippen molar-refractivity contribution in [2.75, 3.05) is 0 Å². The molecule has 0 radical (unpaired) electrons. The van der Waals surface area contributed by atoms with Crippen LogP contribution in [0.5, 0.6) is 5.75 Å². The third-order valence-electron chi connectivity index (χ3n) is 4.88. The minimum atomic E-state index is -0.469. The number of hydrogen-bond donors (Lipinski definition) is 0. The molecule has 31 heavy (non-hydrogen) atoms. The summed E-state index contributed by atoms with van der Waals surface area (Å²) < 4.78 is 12.7. The topological polar surface area (TPSA) is 73.8 Å². The van der Waals surface area contributed by atoms with Gasteiger partial charge in [-0.15, -0.1) is 0 Å². The van der Waals surface area contributed by atoms with Gasteiger partial charge in [0.2, 0.25) is 0 Å². The van der Waals surface area contributed by atoms with Crippen LogP contribution in [0.2, 0.25) is 5.02 Å². The molecule has 6 nitrogen and oxygen atoms in total. The van der Waals surface area contributed by atoms with E-state index in [1.807, 2.05) is 30.3 Å². The molecule has 0 unspecified atom stereocenters. The second-order valence-electron chi connectivity index (χ2n) is 6.93. The van der Waals surface area contributed by atoms with E-state index < -0.39 is 5.63 Å². The lowest BCUT2D eigenvalue weighted by Gasteiger charge is -2.11.